The van der Waals surface area contributed by atoms with Crippen molar-refractivity contribution in [3.8, 4) is 6.07 Å². The Morgan fingerprint density at radius 2 is 1.88 bits per heavy atom. The highest BCUT2D eigenvalue weighted by molar-refractivity contribution is 5.80. The molecule has 2 aliphatic heterocycles. The van der Waals surface area contributed by atoms with Crippen molar-refractivity contribution in [3.05, 3.63) is 41.2 Å². The van der Waals surface area contributed by atoms with Crippen molar-refractivity contribution in [3.63, 3.8) is 0 Å². The van der Waals surface area contributed by atoms with Gasteiger partial charge < -0.3 is 14.5 Å². The van der Waals surface area contributed by atoms with Crippen LogP contribution in [-0.2, 0) is 4.74 Å². The molecule has 1 atom stereocenters. The summed E-state index contributed by atoms with van der Waals surface area (Å²) < 4.78 is 18.4. The zero-order valence-corrected chi connectivity index (χ0v) is 14.4. The molecule has 0 aromatic heterocycles. The Labute approximate surface area is 147 Å². The number of amides is 2. The molecule has 0 N–H and O–H groups in total. The molecule has 0 aliphatic carbocycles. The first kappa shape index (κ1) is 17.4. The van der Waals surface area contributed by atoms with Crippen molar-refractivity contribution < 1.29 is 13.9 Å². The van der Waals surface area contributed by atoms with Crippen molar-refractivity contribution in [2.45, 2.75) is 25.4 Å². The summed E-state index contributed by atoms with van der Waals surface area (Å²) in [5.74, 6) is -0.313. The van der Waals surface area contributed by atoms with Crippen molar-refractivity contribution >= 4 is 11.6 Å². The second kappa shape index (κ2) is 7.66. The normalized spacial score (nSPS) is 20.5. The molecule has 0 spiro atoms. The lowest BCUT2D eigenvalue weighted by molar-refractivity contribution is 0.105. The van der Waals surface area contributed by atoms with Gasteiger partial charge in [-0.25, -0.2) is 9.18 Å². The van der Waals surface area contributed by atoms with Crippen LogP contribution in [-0.4, -0.2) is 55.2 Å². The van der Waals surface area contributed by atoms with Crippen molar-refractivity contribution in [1.29, 1.82) is 5.26 Å². The van der Waals surface area contributed by atoms with E-state index in [1.807, 2.05) is 9.80 Å². The first-order valence-electron chi connectivity index (χ1n) is 8.57. The molecular formula is C19H22FN3O2. The molecule has 25 heavy (non-hydrogen) atoms. The van der Waals surface area contributed by atoms with E-state index in [0.717, 1.165) is 24.1 Å². The van der Waals surface area contributed by atoms with Gasteiger partial charge in [0.05, 0.1) is 17.7 Å². The first-order chi connectivity index (χ1) is 12.1. The van der Waals surface area contributed by atoms with E-state index in [-0.39, 0.29) is 18.0 Å². The van der Waals surface area contributed by atoms with Crippen LogP contribution in [0.4, 0.5) is 9.18 Å². The van der Waals surface area contributed by atoms with Crippen molar-refractivity contribution in [1.82, 2.24) is 9.80 Å². The number of halogens is 1. The van der Waals surface area contributed by atoms with E-state index < -0.39 is 0 Å². The number of rotatable bonds is 2. The van der Waals surface area contributed by atoms with Gasteiger partial charge >= 0.3 is 6.03 Å². The fraction of sp³-hybridized carbons (Fsp3) is 0.474. The monoisotopic (exact) mass is 343 g/mol. The largest absolute Gasteiger partial charge is 0.380 e. The van der Waals surface area contributed by atoms with Gasteiger partial charge in [-0.05, 0) is 42.5 Å². The molecule has 2 fully saturated rings. The van der Waals surface area contributed by atoms with Crippen LogP contribution in [0.5, 0.6) is 0 Å². The lowest BCUT2D eigenvalue weighted by atomic mass is 9.94. The number of allylic oxidation sites excluding steroid dienone is 1. The molecule has 3 rings (SSSR count). The maximum atomic E-state index is 13.1. The number of benzene rings is 1. The molecule has 2 heterocycles. The smallest absolute Gasteiger partial charge is 0.320 e. The highest BCUT2D eigenvalue weighted by Crippen LogP contribution is 2.27. The Balaban J connectivity index is 1.65. The summed E-state index contributed by atoms with van der Waals surface area (Å²) in [7, 11) is 1.68. The topological polar surface area (TPSA) is 56.6 Å². The van der Waals surface area contributed by atoms with Gasteiger partial charge in [0.1, 0.15) is 5.82 Å². The lowest BCUT2D eigenvalue weighted by Gasteiger charge is -2.32. The van der Waals surface area contributed by atoms with E-state index in [1.54, 1.807) is 19.2 Å². The van der Waals surface area contributed by atoms with Crippen LogP contribution in [0.1, 0.15) is 24.8 Å². The van der Waals surface area contributed by atoms with Crippen molar-refractivity contribution in [2.75, 3.05) is 33.3 Å². The van der Waals surface area contributed by atoms with Gasteiger partial charge in [-0.1, -0.05) is 12.1 Å². The number of carbonyl (C=O) groups is 1. The minimum atomic E-state index is -0.313. The number of nitriles is 1. The number of likely N-dealkylation sites (tertiary alicyclic amines) is 2. The zero-order valence-electron chi connectivity index (χ0n) is 14.4. The third kappa shape index (κ3) is 3.83. The molecule has 0 unspecified atom stereocenters. The van der Waals surface area contributed by atoms with E-state index in [2.05, 4.69) is 6.07 Å². The number of carbonyl (C=O) groups excluding carboxylic acids is 1. The molecule has 2 amide bonds. The van der Waals surface area contributed by atoms with Crippen LogP contribution in [0.2, 0.25) is 0 Å². The summed E-state index contributed by atoms with van der Waals surface area (Å²) in [5, 5.41) is 9.50. The van der Waals surface area contributed by atoms with Gasteiger partial charge in [-0.2, -0.15) is 5.26 Å². The lowest BCUT2D eigenvalue weighted by Crippen LogP contribution is -2.45. The summed E-state index contributed by atoms with van der Waals surface area (Å²) in [4.78, 5) is 16.3. The van der Waals surface area contributed by atoms with Gasteiger partial charge in [0.2, 0.25) is 0 Å². The number of methoxy groups -OCH3 is 1. The Kier molecular flexibility index (Phi) is 5.34. The van der Waals surface area contributed by atoms with Gasteiger partial charge in [-0.3, -0.25) is 0 Å². The van der Waals surface area contributed by atoms with Crippen LogP contribution >= 0.6 is 0 Å². The molecule has 0 saturated carbocycles. The molecule has 132 valence electrons. The van der Waals surface area contributed by atoms with Crippen LogP contribution in [0.25, 0.3) is 5.57 Å². The maximum Gasteiger partial charge on any atom is 0.320 e. The van der Waals surface area contributed by atoms with Gasteiger partial charge in [0.15, 0.2) is 0 Å². The second-order valence-electron chi connectivity index (χ2n) is 6.46. The Bertz CT molecular complexity index is 698. The van der Waals surface area contributed by atoms with E-state index in [0.29, 0.717) is 38.0 Å². The van der Waals surface area contributed by atoms with E-state index in [1.165, 1.54) is 12.1 Å². The molecule has 1 aromatic rings. The van der Waals surface area contributed by atoms with Gasteiger partial charge in [-0.15, -0.1) is 0 Å². The van der Waals surface area contributed by atoms with E-state index >= 15 is 0 Å². The minimum absolute atomic E-state index is 0.0545. The quantitative estimate of drug-likeness (QED) is 0.776. The molecule has 5 nitrogen and oxygen atoms in total. The number of piperidine rings is 1. The summed E-state index contributed by atoms with van der Waals surface area (Å²) >= 11 is 0. The number of urea groups is 1. The highest BCUT2D eigenvalue weighted by Gasteiger charge is 2.30. The van der Waals surface area contributed by atoms with Crippen LogP contribution < -0.4 is 0 Å². The Morgan fingerprint density at radius 3 is 2.44 bits per heavy atom. The Morgan fingerprint density at radius 1 is 1.20 bits per heavy atom. The Hall–Kier alpha value is -2.39. The molecule has 2 aliphatic rings. The van der Waals surface area contributed by atoms with E-state index in [4.69, 9.17) is 4.74 Å². The minimum Gasteiger partial charge on any atom is -0.380 e. The molecule has 2 saturated heterocycles. The summed E-state index contributed by atoms with van der Waals surface area (Å²) in [6.07, 6.45) is 2.36. The van der Waals surface area contributed by atoms with Crippen LogP contribution in [0, 0.1) is 17.1 Å². The average molecular weight is 343 g/mol. The summed E-state index contributed by atoms with van der Waals surface area (Å²) in [6, 6.07) is 8.30. The molecular weight excluding hydrogens is 321 g/mol. The average Bonchev–Trinajstić information content (AvgIpc) is 3.13. The molecule has 6 heteroatoms. The van der Waals surface area contributed by atoms with Gasteiger partial charge in [0, 0.05) is 33.3 Å². The summed E-state index contributed by atoms with van der Waals surface area (Å²) in [6.45, 7) is 2.59. The third-order valence-electron chi connectivity index (χ3n) is 4.98. The predicted octanol–water partition coefficient (Wildman–Crippen LogP) is 3.04. The van der Waals surface area contributed by atoms with Crippen LogP contribution in [0.3, 0.4) is 0 Å². The fourth-order valence-corrected chi connectivity index (χ4v) is 3.48. The molecule has 0 bridgehead atoms. The second-order valence-corrected chi connectivity index (χ2v) is 6.46. The number of ether oxygens (including phenoxy) is 1. The number of nitrogens with zero attached hydrogens (tertiary/aromatic N) is 3. The van der Waals surface area contributed by atoms with Crippen LogP contribution in [0.15, 0.2) is 29.8 Å². The third-order valence-corrected chi connectivity index (χ3v) is 4.98. The standard InChI is InChI=1S/C19H22FN3O2/c1-25-17-8-11-23(13-17)19(24)22-9-6-15(7-10-22)18(12-21)14-2-4-16(20)5-3-14/h2-5,17H,6-11,13H2,1H3/t17-/m1/s1. The number of hydrogen-bond donors (Lipinski definition) is 0. The summed E-state index contributed by atoms with van der Waals surface area (Å²) in [5.41, 5.74) is 2.38. The molecule has 0 radical (unpaired) electrons. The predicted molar refractivity (Wildman–Crippen MR) is 92.1 cm³/mol. The first-order valence-corrected chi connectivity index (χ1v) is 8.57. The maximum absolute atomic E-state index is 13.1. The van der Waals surface area contributed by atoms with Crippen molar-refractivity contribution in [2.24, 2.45) is 0 Å². The fourth-order valence-electron chi connectivity index (χ4n) is 3.48. The van der Waals surface area contributed by atoms with Gasteiger partial charge in [0.25, 0.3) is 0 Å². The molecule has 1 aromatic carbocycles. The van der Waals surface area contributed by atoms with E-state index in [9.17, 15) is 14.4 Å². The number of hydrogen-bond acceptors (Lipinski definition) is 3. The highest BCUT2D eigenvalue weighted by atomic mass is 19.1. The SMILES string of the molecule is CO[C@@H]1CCN(C(=O)N2CCC(=C(C#N)c3ccc(F)cc3)CC2)C1. The zero-order chi connectivity index (χ0) is 17.8.